The van der Waals surface area contributed by atoms with Crippen molar-refractivity contribution in [3.8, 4) is 0 Å². The minimum atomic E-state index is -1.23. The summed E-state index contributed by atoms with van der Waals surface area (Å²) in [5, 5.41) is 9.14. The number of nitrogens with two attached hydrogens (primary N) is 1. The quantitative estimate of drug-likeness (QED) is 0.424. The Kier molecular flexibility index (Phi) is 17.6. The van der Waals surface area contributed by atoms with Crippen LogP contribution in [0, 0.1) is 0 Å². The van der Waals surface area contributed by atoms with Gasteiger partial charge in [0.25, 0.3) is 0 Å². The van der Waals surface area contributed by atoms with Gasteiger partial charge in [-0.05, 0) is 24.8 Å². The summed E-state index contributed by atoms with van der Waals surface area (Å²) >= 11 is 0. The van der Waals surface area contributed by atoms with Crippen molar-refractivity contribution in [3.63, 3.8) is 0 Å². The van der Waals surface area contributed by atoms with Gasteiger partial charge in [-0.15, -0.1) is 0 Å². The molecule has 0 bridgehead atoms. The Hall–Kier alpha value is -1.37. The van der Waals surface area contributed by atoms with Gasteiger partial charge in [-0.2, -0.15) is 0 Å². The summed E-state index contributed by atoms with van der Waals surface area (Å²) in [5.41, 5.74) is 4.53. The third kappa shape index (κ3) is 16.6. The van der Waals surface area contributed by atoms with E-state index in [0.29, 0.717) is 6.42 Å². The van der Waals surface area contributed by atoms with Crippen LogP contribution >= 0.6 is 0 Å². The molecule has 19 heavy (non-hydrogen) atoms. The van der Waals surface area contributed by atoms with E-state index in [-0.39, 0.29) is 35.5 Å². The largest absolute Gasteiger partial charge is 1.00 e. The van der Waals surface area contributed by atoms with E-state index in [9.17, 15) is 9.59 Å². The normalized spacial score (nSPS) is 11.6. The molecular formula is C12H17N2NaO4. The van der Waals surface area contributed by atoms with Gasteiger partial charge in [0.05, 0.1) is 5.97 Å². The topological polar surface area (TPSA) is 104 Å². The summed E-state index contributed by atoms with van der Waals surface area (Å²) in [4.78, 5) is 30.9. The molecule has 0 aromatic carbocycles. The summed E-state index contributed by atoms with van der Waals surface area (Å²) in [6.45, 7) is 10.3. The fourth-order valence-corrected chi connectivity index (χ4v) is 0.862. The van der Waals surface area contributed by atoms with Crippen LogP contribution in [0.15, 0.2) is 38.1 Å². The molecular weight excluding hydrogens is 259 g/mol. The van der Waals surface area contributed by atoms with Crippen LogP contribution in [0.4, 0.5) is 0 Å². The van der Waals surface area contributed by atoms with Crippen molar-refractivity contribution >= 4 is 17.8 Å². The number of carbonyl (C=O) groups excluding carboxylic acids is 3. The number of hydrogen-bond acceptors (Lipinski definition) is 4. The second-order valence-electron chi connectivity index (χ2n) is 3.00. The van der Waals surface area contributed by atoms with Crippen molar-refractivity contribution in [1.29, 1.82) is 0 Å². The zero-order chi connectivity index (χ0) is 14.6. The van der Waals surface area contributed by atoms with Crippen LogP contribution in [0.5, 0.6) is 0 Å². The van der Waals surface area contributed by atoms with Gasteiger partial charge in [-0.3, -0.25) is 9.59 Å². The molecule has 0 radical (unpaired) electrons. The molecule has 6 nitrogen and oxygen atoms in total. The van der Waals surface area contributed by atoms with Gasteiger partial charge in [0.15, 0.2) is 0 Å². The van der Waals surface area contributed by atoms with Crippen LogP contribution in [-0.4, -0.2) is 29.2 Å². The van der Waals surface area contributed by atoms with Crippen molar-refractivity contribution in [2.24, 2.45) is 5.73 Å². The molecule has 0 aliphatic carbocycles. The predicted molar refractivity (Wildman–Crippen MR) is 65.7 cm³/mol. The molecule has 2 N–H and O–H groups in total. The van der Waals surface area contributed by atoms with Crippen LogP contribution < -0.4 is 40.4 Å². The molecule has 1 aliphatic rings. The number of likely N-dealkylation sites (tertiary alicyclic amines) is 1. The summed E-state index contributed by atoms with van der Waals surface area (Å²) in [6, 6.07) is 0. The SMILES string of the molecule is C=CC(=O)[O-].C=CC(N)=O.C=CN1CCCC1=O.[Na+]. The van der Waals surface area contributed by atoms with Crippen LogP contribution in [0.1, 0.15) is 12.8 Å². The molecule has 1 aliphatic heterocycles. The van der Waals surface area contributed by atoms with E-state index < -0.39 is 11.9 Å². The van der Waals surface area contributed by atoms with Gasteiger partial charge in [0.1, 0.15) is 0 Å². The molecule has 0 saturated carbocycles. The average Bonchev–Trinajstić information content (AvgIpc) is 2.76. The fourth-order valence-electron chi connectivity index (χ4n) is 0.862. The van der Waals surface area contributed by atoms with Crippen molar-refractivity contribution in [1.82, 2.24) is 4.90 Å². The molecule has 1 rings (SSSR count). The fraction of sp³-hybridized carbons (Fsp3) is 0.250. The van der Waals surface area contributed by atoms with Crippen LogP contribution in [0.25, 0.3) is 0 Å². The second kappa shape index (κ2) is 14.7. The number of amides is 2. The van der Waals surface area contributed by atoms with Crippen molar-refractivity contribution in [2.45, 2.75) is 12.8 Å². The first-order valence-electron chi connectivity index (χ1n) is 5.06. The molecule has 7 heteroatoms. The number of carboxylic acids is 1. The van der Waals surface area contributed by atoms with Crippen LogP contribution in [-0.2, 0) is 14.4 Å². The molecule has 0 aromatic heterocycles. The third-order valence-electron chi connectivity index (χ3n) is 1.70. The summed E-state index contributed by atoms with van der Waals surface area (Å²) < 4.78 is 0. The minimum absolute atomic E-state index is 0. The minimum Gasteiger partial charge on any atom is -0.545 e. The maximum Gasteiger partial charge on any atom is 1.00 e. The standard InChI is InChI=1S/C6H9NO.C3H5NO.C3H4O2.Na/c1-2-7-5-3-4-6(7)8;2*1-2-3(4)5;/h2H,1,3-5H2;2H,1H2,(H2,4,5);2H,1H2,(H,4,5);/q;;;+1/p-1. The molecule has 0 spiro atoms. The summed E-state index contributed by atoms with van der Waals surface area (Å²) in [6.07, 6.45) is 5.06. The first kappa shape index (κ1) is 22.8. The molecule has 2 amide bonds. The third-order valence-corrected chi connectivity index (χ3v) is 1.70. The van der Waals surface area contributed by atoms with Crippen LogP contribution in [0.2, 0.25) is 0 Å². The van der Waals surface area contributed by atoms with E-state index in [4.69, 9.17) is 9.90 Å². The molecule has 0 aromatic rings. The predicted octanol–water partition coefficient (Wildman–Crippen LogP) is -3.66. The van der Waals surface area contributed by atoms with Crippen molar-refractivity contribution in [2.75, 3.05) is 6.54 Å². The Morgan fingerprint density at radius 2 is 1.68 bits per heavy atom. The first-order valence-corrected chi connectivity index (χ1v) is 5.06. The Bertz CT molecular complexity index is 325. The molecule has 1 heterocycles. The summed E-state index contributed by atoms with van der Waals surface area (Å²) in [7, 11) is 0. The number of aliphatic carboxylic acids is 1. The Balaban J connectivity index is -0.000000208. The first-order chi connectivity index (χ1) is 8.38. The second-order valence-corrected chi connectivity index (χ2v) is 3.00. The Morgan fingerprint density at radius 3 is 1.79 bits per heavy atom. The number of nitrogens with zero attached hydrogens (tertiary/aromatic N) is 1. The van der Waals surface area contributed by atoms with E-state index in [1.54, 1.807) is 11.1 Å². The van der Waals surface area contributed by atoms with Gasteiger partial charge >= 0.3 is 29.6 Å². The van der Waals surface area contributed by atoms with Gasteiger partial charge in [0, 0.05) is 13.0 Å². The molecule has 0 unspecified atom stereocenters. The van der Waals surface area contributed by atoms with Crippen molar-refractivity contribution < 1.29 is 49.0 Å². The van der Waals surface area contributed by atoms with Gasteiger partial charge in [-0.1, -0.05) is 19.7 Å². The smallest absolute Gasteiger partial charge is 0.545 e. The molecule has 0 atom stereocenters. The summed E-state index contributed by atoms with van der Waals surface area (Å²) in [5.74, 6) is -1.50. The van der Waals surface area contributed by atoms with Crippen molar-refractivity contribution in [3.05, 3.63) is 38.1 Å². The van der Waals surface area contributed by atoms with E-state index >= 15 is 0 Å². The van der Waals surface area contributed by atoms with E-state index in [0.717, 1.165) is 25.1 Å². The maximum absolute atomic E-state index is 10.7. The number of carboxylic acid groups (broad SMARTS) is 1. The molecule has 100 valence electrons. The Morgan fingerprint density at radius 1 is 1.26 bits per heavy atom. The molecule has 1 fully saturated rings. The van der Waals surface area contributed by atoms with Gasteiger partial charge in [-0.25, -0.2) is 0 Å². The maximum atomic E-state index is 10.7. The number of primary amides is 1. The number of carbonyl (C=O) groups is 3. The van der Waals surface area contributed by atoms with Crippen LogP contribution in [0.3, 0.4) is 0 Å². The van der Waals surface area contributed by atoms with E-state index in [2.05, 4.69) is 25.5 Å². The number of hydrogen-bond donors (Lipinski definition) is 1. The molecule has 1 saturated heterocycles. The zero-order valence-corrected chi connectivity index (χ0v) is 13.1. The van der Waals surface area contributed by atoms with E-state index in [1.807, 2.05) is 0 Å². The van der Waals surface area contributed by atoms with Gasteiger partial charge in [0.2, 0.25) is 11.8 Å². The zero-order valence-electron chi connectivity index (χ0n) is 11.1. The van der Waals surface area contributed by atoms with E-state index in [1.165, 1.54) is 0 Å². The number of rotatable bonds is 3. The van der Waals surface area contributed by atoms with Gasteiger partial charge < -0.3 is 20.5 Å². The monoisotopic (exact) mass is 276 g/mol. The Labute approximate surface area is 134 Å². The average molecular weight is 276 g/mol.